The normalized spacial score (nSPS) is 23.3. The van der Waals surface area contributed by atoms with Gasteiger partial charge in [0, 0.05) is 57.3 Å². The SMILES string of the molecule is COc1nc(C2(Nc3nccc(CNC[C@@H]4CCC(=O)N4)c3F)C=CC=C(c3ccccc3)C2(Cl)Cl)cnc1CN[C@@H]1CCC(=O)N1C. The van der Waals surface area contributed by atoms with Crippen LogP contribution in [-0.2, 0) is 28.2 Å². The van der Waals surface area contributed by atoms with Crippen LogP contribution in [0, 0.1) is 5.82 Å². The van der Waals surface area contributed by atoms with Gasteiger partial charge in [0.2, 0.25) is 17.7 Å². The van der Waals surface area contributed by atoms with E-state index in [1.807, 2.05) is 36.4 Å². The number of allylic oxidation sites excluding steroid dienone is 2. The molecule has 1 unspecified atom stereocenters. The van der Waals surface area contributed by atoms with Crippen LogP contribution in [0.4, 0.5) is 10.2 Å². The van der Waals surface area contributed by atoms with E-state index in [0.717, 1.165) is 12.0 Å². The summed E-state index contributed by atoms with van der Waals surface area (Å²) >= 11 is 14.8. The number of nitrogens with one attached hydrogen (secondary N) is 4. The Morgan fingerprint density at radius 2 is 1.92 bits per heavy atom. The quantitative estimate of drug-likeness (QED) is 0.206. The molecule has 0 saturated carbocycles. The van der Waals surface area contributed by atoms with E-state index in [2.05, 4.69) is 31.2 Å². The van der Waals surface area contributed by atoms with Crippen molar-refractivity contribution in [2.75, 3.05) is 26.0 Å². The fourth-order valence-corrected chi connectivity index (χ4v) is 7.03. The molecule has 0 radical (unpaired) electrons. The molecule has 2 aromatic heterocycles. The summed E-state index contributed by atoms with van der Waals surface area (Å²) in [4.78, 5) is 39.1. The summed E-state index contributed by atoms with van der Waals surface area (Å²) in [5, 5.41) is 12.7. The number of alkyl halides is 2. The maximum Gasteiger partial charge on any atom is 0.237 e. The van der Waals surface area contributed by atoms with Gasteiger partial charge in [-0.25, -0.2) is 14.4 Å². The van der Waals surface area contributed by atoms with Crippen LogP contribution in [0.15, 0.2) is 67.0 Å². The summed E-state index contributed by atoms with van der Waals surface area (Å²) in [7, 11) is 3.24. The minimum atomic E-state index is -1.75. The number of halogens is 3. The Morgan fingerprint density at radius 3 is 2.62 bits per heavy atom. The van der Waals surface area contributed by atoms with Gasteiger partial charge in [0.25, 0.3) is 0 Å². The molecule has 2 saturated heterocycles. The first-order chi connectivity index (χ1) is 23.1. The van der Waals surface area contributed by atoms with Crippen molar-refractivity contribution in [1.82, 2.24) is 35.8 Å². The number of methoxy groups -OCH3 is 1. The molecule has 14 heteroatoms. The second-order valence-corrected chi connectivity index (χ2v) is 13.4. The molecule has 6 rings (SSSR count). The number of aromatic nitrogens is 3. The number of carbonyl (C=O) groups excluding carboxylic acids is 2. The standard InChI is InChI=1S/C34H37Cl2FN8O3/c1-45-27(11-13-29(45)47)41-19-25-32(48-2)43-26(20-40-25)33(15-6-9-24(34(33,35)36)21-7-4-3-5-8-21)44-31-30(37)22(14-16-39-31)17-38-18-23-10-12-28(46)42-23/h3-9,14-16,20,23,27,38,41H,10-13,17-19H2,1-2H3,(H,39,44)(H,42,46)/t23-,27-,33?/m0/s1. The van der Waals surface area contributed by atoms with Crippen LogP contribution in [0.3, 0.4) is 0 Å². The summed E-state index contributed by atoms with van der Waals surface area (Å²) < 4.78 is 20.1. The number of carbonyl (C=O) groups is 2. The first-order valence-electron chi connectivity index (χ1n) is 15.8. The number of hydrogen-bond acceptors (Lipinski definition) is 9. The largest absolute Gasteiger partial charge is 0.480 e. The van der Waals surface area contributed by atoms with Crippen molar-refractivity contribution in [3.8, 4) is 5.88 Å². The Labute approximate surface area is 288 Å². The zero-order chi connectivity index (χ0) is 33.9. The van der Waals surface area contributed by atoms with E-state index < -0.39 is 15.7 Å². The number of rotatable bonds is 12. The lowest BCUT2D eigenvalue weighted by atomic mass is 9.80. The van der Waals surface area contributed by atoms with Crippen molar-refractivity contribution < 1.29 is 18.7 Å². The average Bonchev–Trinajstić information content (AvgIpc) is 3.65. The Kier molecular flexibility index (Phi) is 9.98. The molecule has 4 N–H and O–H groups in total. The van der Waals surface area contributed by atoms with Gasteiger partial charge in [-0.15, -0.1) is 0 Å². The molecule has 4 heterocycles. The van der Waals surface area contributed by atoms with Crippen LogP contribution in [0.5, 0.6) is 5.88 Å². The Morgan fingerprint density at radius 1 is 1.10 bits per heavy atom. The third kappa shape index (κ3) is 6.62. The maximum absolute atomic E-state index is 16.2. The van der Waals surface area contributed by atoms with E-state index in [1.54, 1.807) is 30.2 Å². The monoisotopic (exact) mass is 694 g/mol. The van der Waals surface area contributed by atoms with Crippen molar-refractivity contribution in [2.24, 2.45) is 0 Å². The third-order valence-corrected chi connectivity index (χ3v) is 10.0. The number of pyridine rings is 1. The van der Waals surface area contributed by atoms with Gasteiger partial charge in [-0.1, -0.05) is 65.7 Å². The summed E-state index contributed by atoms with van der Waals surface area (Å²) in [5.41, 5.74) is 0.877. The number of amides is 2. The molecule has 0 bridgehead atoms. The van der Waals surface area contributed by atoms with Crippen LogP contribution in [0.2, 0.25) is 0 Å². The summed E-state index contributed by atoms with van der Waals surface area (Å²) in [6.45, 7) is 0.995. The zero-order valence-electron chi connectivity index (χ0n) is 26.6. The van der Waals surface area contributed by atoms with Crippen LogP contribution < -0.4 is 26.0 Å². The molecule has 0 spiro atoms. The second kappa shape index (κ2) is 14.2. The lowest BCUT2D eigenvalue weighted by Crippen LogP contribution is -2.51. The van der Waals surface area contributed by atoms with Gasteiger partial charge in [-0.05, 0) is 36.1 Å². The molecule has 3 aromatic rings. The van der Waals surface area contributed by atoms with E-state index >= 15 is 4.39 Å². The molecule has 3 atom stereocenters. The zero-order valence-corrected chi connectivity index (χ0v) is 28.1. The molecular weight excluding hydrogens is 658 g/mol. The van der Waals surface area contributed by atoms with Gasteiger partial charge in [0.05, 0.1) is 25.2 Å². The highest BCUT2D eigenvalue weighted by atomic mass is 35.5. The van der Waals surface area contributed by atoms with Gasteiger partial charge in [0.15, 0.2) is 16.0 Å². The number of anilines is 1. The number of hydrogen-bond donors (Lipinski definition) is 4. The van der Waals surface area contributed by atoms with Gasteiger partial charge < -0.3 is 25.6 Å². The van der Waals surface area contributed by atoms with E-state index in [-0.39, 0.29) is 54.5 Å². The Balaban J connectivity index is 1.34. The Bertz CT molecular complexity index is 1740. The van der Waals surface area contributed by atoms with Crippen molar-refractivity contribution >= 4 is 46.4 Å². The molecule has 1 aliphatic carbocycles. The van der Waals surface area contributed by atoms with E-state index in [9.17, 15) is 9.59 Å². The van der Waals surface area contributed by atoms with Crippen molar-refractivity contribution in [2.45, 2.75) is 60.9 Å². The maximum atomic E-state index is 16.2. The van der Waals surface area contributed by atoms with Crippen LogP contribution >= 0.6 is 23.2 Å². The summed E-state index contributed by atoms with van der Waals surface area (Å²) in [6.07, 6.45) is 10.6. The van der Waals surface area contributed by atoms with Gasteiger partial charge in [-0.2, -0.15) is 0 Å². The summed E-state index contributed by atoms with van der Waals surface area (Å²) in [5.74, 6) is -0.376. The second-order valence-electron chi connectivity index (χ2n) is 12.0. The van der Waals surface area contributed by atoms with E-state index in [0.29, 0.717) is 42.6 Å². The average molecular weight is 696 g/mol. The lowest BCUT2D eigenvalue weighted by molar-refractivity contribution is -0.128. The van der Waals surface area contributed by atoms with Crippen LogP contribution in [0.25, 0.3) is 5.57 Å². The predicted molar refractivity (Wildman–Crippen MR) is 182 cm³/mol. The topological polar surface area (TPSA) is 133 Å². The molecule has 48 heavy (non-hydrogen) atoms. The molecule has 3 aliphatic rings. The summed E-state index contributed by atoms with van der Waals surface area (Å²) in [6, 6.07) is 11.0. The van der Waals surface area contributed by atoms with Gasteiger partial charge in [-0.3, -0.25) is 19.9 Å². The highest BCUT2D eigenvalue weighted by molar-refractivity contribution is 6.55. The highest BCUT2D eigenvalue weighted by Gasteiger charge is 2.55. The molecule has 1 aromatic carbocycles. The van der Waals surface area contributed by atoms with Gasteiger partial charge >= 0.3 is 0 Å². The molecular formula is C34H37Cl2FN8O3. The highest BCUT2D eigenvalue weighted by Crippen LogP contribution is 2.54. The fraction of sp³-hybridized carbons (Fsp3) is 0.382. The smallest absolute Gasteiger partial charge is 0.237 e. The molecule has 2 amide bonds. The predicted octanol–water partition coefficient (Wildman–Crippen LogP) is 4.19. The van der Waals surface area contributed by atoms with Gasteiger partial charge in [0.1, 0.15) is 11.2 Å². The Hall–Kier alpha value is -4.10. The van der Waals surface area contributed by atoms with Crippen molar-refractivity contribution in [3.63, 3.8) is 0 Å². The molecule has 252 valence electrons. The van der Waals surface area contributed by atoms with E-state index in [4.69, 9.17) is 32.9 Å². The number of ether oxygens (including phenoxy) is 1. The van der Waals surface area contributed by atoms with Crippen molar-refractivity contribution in [3.05, 3.63) is 95.4 Å². The van der Waals surface area contributed by atoms with Crippen molar-refractivity contribution in [1.29, 1.82) is 0 Å². The van der Waals surface area contributed by atoms with Crippen LogP contribution in [-0.4, -0.2) is 68.9 Å². The molecule has 2 fully saturated rings. The molecule has 2 aliphatic heterocycles. The number of nitrogens with zero attached hydrogens (tertiary/aromatic N) is 4. The number of likely N-dealkylation sites (tertiary alicyclic amines) is 1. The lowest BCUT2D eigenvalue weighted by Gasteiger charge is -2.44. The first-order valence-corrected chi connectivity index (χ1v) is 16.5. The fourth-order valence-electron chi connectivity index (χ4n) is 6.27. The minimum absolute atomic E-state index is 0.000221. The molecule has 11 nitrogen and oxygen atoms in total. The van der Waals surface area contributed by atoms with E-state index in [1.165, 1.54) is 19.5 Å². The first kappa shape index (κ1) is 33.8. The minimum Gasteiger partial charge on any atom is -0.480 e. The number of benzene rings is 1. The third-order valence-electron chi connectivity index (χ3n) is 9.01. The van der Waals surface area contributed by atoms with Crippen LogP contribution in [0.1, 0.15) is 48.2 Å².